The second-order valence-corrected chi connectivity index (χ2v) is 4.50. The van der Waals surface area contributed by atoms with Crippen molar-refractivity contribution in [2.75, 3.05) is 19.6 Å². The maximum Gasteiger partial charge on any atom is 0.331 e. The van der Waals surface area contributed by atoms with Gasteiger partial charge in [0.1, 0.15) is 0 Å². The van der Waals surface area contributed by atoms with Gasteiger partial charge >= 0.3 is 5.97 Å². The summed E-state index contributed by atoms with van der Waals surface area (Å²) >= 11 is 5.86. The van der Waals surface area contributed by atoms with Crippen molar-refractivity contribution in [1.29, 1.82) is 0 Å². The molecule has 2 rings (SSSR count). The number of hydrogen-bond donors (Lipinski definition) is 2. The number of carbonyl (C=O) groups excluding carboxylic acids is 1. The highest BCUT2D eigenvalue weighted by molar-refractivity contribution is 6.30. The first-order valence-corrected chi connectivity index (χ1v) is 5.96. The standard InChI is InChI=1S/C12H13ClN2O3/c13-9-3-1-2-8(6-9)11(12(17)18)15-5-4-14-7-10(15)16/h1-3,6,11,14H,4-5,7H2,(H,17,18). The normalized spacial score (nSPS) is 17.6. The van der Waals surface area contributed by atoms with Crippen molar-refractivity contribution < 1.29 is 14.7 Å². The molecule has 0 spiro atoms. The number of hydrogen-bond acceptors (Lipinski definition) is 3. The van der Waals surface area contributed by atoms with E-state index < -0.39 is 12.0 Å². The Morgan fingerprint density at radius 2 is 2.28 bits per heavy atom. The van der Waals surface area contributed by atoms with Crippen molar-refractivity contribution in [2.45, 2.75) is 6.04 Å². The van der Waals surface area contributed by atoms with Crippen molar-refractivity contribution in [3.63, 3.8) is 0 Å². The zero-order chi connectivity index (χ0) is 13.1. The van der Waals surface area contributed by atoms with Crippen LogP contribution in [0.15, 0.2) is 24.3 Å². The number of benzene rings is 1. The van der Waals surface area contributed by atoms with Crippen LogP contribution in [0.25, 0.3) is 0 Å². The minimum Gasteiger partial charge on any atom is -0.479 e. The fourth-order valence-corrected chi connectivity index (χ4v) is 2.23. The van der Waals surface area contributed by atoms with E-state index in [0.29, 0.717) is 23.7 Å². The molecule has 5 nitrogen and oxygen atoms in total. The van der Waals surface area contributed by atoms with Gasteiger partial charge < -0.3 is 15.3 Å². The Balaban J connectivity index is 2.33. The number of piperazine rings is 1. The predicted octanol–water partition coefficient (Wildman–Crippen LogP) is 0.897. The summed E-state index contributed by atoms with van der Waals surface area (Å²) in [6.07, 6.45) is 0. The molecule has 1 aliphatic heterocycles. The van der Waals surface area contributed by atoms with Gasteiger partial charge in [0.2, 0.25) is 5.91 Å². The average molecular weight is 269 g/mol. The summed E-state index contributed by atoms with van der Waals surface area (Å²) in [6, 6.07) is 5.62. The van der Waals surface area contributed by atoms with E-state index in [1.807, 2.05) is 0 Å². The maximum atomic E-state index is 11.8. The molecule has 1 unspecified atom stereocenters. The SMILES string of the molecule is O=C(O)C(c1cccc(Cl)c1)N1CCNCC1=O. The summed E-state index contributed by atoms with van der Waals surface area (Å²) < 4.78 is 0. The lowest BCUT2D eigenvalue weighted by Gasteiger charge is -2.32. The van der Waals surface area contributed by atoms with Gasteiger partial charge in [-0.15, -0.1) is 0 Å². The quantitative estimate of drug-likeness (QED) is 0.855. The molecule has 1 aliphatic rings. The van der Waals surface area contributed by atoms with Crippen LogP contribution in [-0.4, -0.2) is 41.5 Å². The largest absolute Gasteiger partial charge is 0.479 e. The first kappa shape index (κ1) is 12.9. The predicted molar refractivity (Wildman–Crippen MR) is 66.4 cm³/mol. The first-order chi connectivity index (χ1) is 8.59. The van der Waals surface area contributed by atoms with Crippen molar-refractivity contribution in [2.24, 2.45) is 0 Å². The lowest BCUT2D eigenvalue weighted by atomic mass is 10.0. The van der Waals surface area contributed by atoms with Crippen LogP contribution in [0.3, 0.4) is 0 Å². The van der Waals surface area contributed by atoms with Crippen LogP contribution in [0, 0.1) is 0 Å². The zero-order valence-electron chi connectivity index (χ0n) is 9.60. The third-order valence-corrected chi connectivity index (χ3v) is 3.07. The van der Waals surface area contributed by atoms with Gasteiger partial charge in [-0.2, -0.15) is 0 Å². The third kappa shape index (κ3) is 2.63. The monoisotopic (exact) mass is 268 g/mol. The number of halogens is 1. The zero-order valence-corrected chi connectivity index (χ0v) is 10.4. The molecule has 1 heterocycles. The average Bonchev–Trinajstić information content (AvgIpc) is 2.32. The number of carboxylic acids is 1. The number of rotatable bonds is 3. The Hall–Kier alpha value is -1.59. The Morgan fingerprint density at radius 1 is 1.50 bits per heavy atom. The van der Waals surface area contributed by atoms with E-state index in [-0.39, 0.29) is 12.5 Å². The summed E-state index contributed by atoms with van der Waals surface area (Å²) in [5.41, 5.74) is 0.519. The second-order valence-electron chi connectivity index (χ2n) is 4.06. The molecule has 18 heavy (non-hydrogen) atoms. The lowest BCUT2D eigenvalue weighted by molar-refractivity contribution is -0.151. The minimum atomic E-state index is -1.05. The van der Waals surface area contributed by atoms with Gasteiger partial charge in [0, 0.05) is 18.1 Å². The molecule has 1 amide bonds. The van der Waals surface area contributed by atoms with E-state index in [4.69, 9.17) is 11.6 Å². The lowest BCUT2D eigenvalue weighted by Crippen LogP contribution is -2.51. The molecule has 1 atom stereocenters. The summed E-state index contributed by atoms with van der Waals surface area (Å²) in [5, 5.41) is 12.7. The van der Waals surface area contributed by atoms with E-state index in [1.54, 1.807) is 24.3 Å². The van der Waals surface area contributed by atoms with E-state index >= 15 is 0 Å². The number of carboxylic acid groups (broad SMARTS) is 1. The topological polar surface area (TPSA) is 69.6 Å². The molecule has 0 aromatic heterocycles. The van der Waals surface area contributed by atoms with Crippen molar-refractivity contribution in [3.8, 4) is 0 Å². The number of carbonyl (C=O) groups is 2. The molecule has 1 saturated heterocycles. The molecular formula is C12H13ClN2O3. The van der Waals surface area contributed by atoms with Crippen LogP contribution >= 0.6 is 11.6 Å². The van der Waals surface area contributed by atoms with Crippen LogP contribution in [0.4, 0.5) is 0 Å². The van der Waals surface area contributed by atoms with Crippen molar-refractivity contribution >= 4 is 23.5 Å². The van der Waals surface area contributed by atoms with Gasteiger partial charge in [-0.05, 0) is 17.7 Å². The molecule has 1 fully saturated rings. The molecule has 0 radical (unpaired) electrons. The van der Waals surface area contributed by atoms with Gasteiger partial charge in [0.25, 0.3) is 0 Å². The van der Waals surface area contributed by atoms with Crippen LogP contribution in [0.1, 0.15) is 11.6 Å². The Morgan fingerprint density at radius 3 is 2.89 bits per heavy atom. The smallest absolute Gasteiger partial charge is 0.331 e. The molecule has 96 valence electrons. The van der Waals surface area contributed by atoms with Crippen molar-refractivity contribution in [3.05, 3.63) is 34.9 Å². The number of aliphatic carboxylic acids is 1. The van der Waals surface area contributed by atoms with Gasteiger partial charge in [0.05, 0.1) is 6.54 Å². The maximum absolute atomic E-state index is 11.8. The Bertz CT molecular complexity index is 478. The highest BCUT2D eigenvalue weighted by atomic mass is 35.5. The van der Waals surface area contributed by atoms with Crippen LogP contribution in [0.2, 0.25) is 5.02 Å². The Kier molecular flexibility index (Phi) is 3.84. The molecule has 0 saturated carbocycles. The number of amides is 1. The van der Waals surface area contributed by atoms with E-state index in [1.165, 1.54) is 4.90 Å². The van der Waals surface area contributed by atoms with E-state index in [2.05, 4.69) is 5.32 Å². The third-order valence-electron chi connectivity index (χ3n) is 2.84. The van der Waals surface area contributed by atoms with Crippen LogP contribution in [-0.2, 0) is 9.59 Å². The molecule has 1 aromatic rings. The van der Waals surface area contributed by atoms with Crippen molar-refractivity contribution in [1.82, 2.24) is 10.2 Å². The van der Waals surface area contributed by atoms with Crippen LogP contribution < -0.4 is 5.32 Å². The van der Waals surface area contributed by atoms with Gasteiger partial charge in [-0.1, -0.05) is 23.7 Å². The second kappa shape index (κ2) is 5.37. The summed E-state index contributed by atoms with van der Waals surface area (Å²) in [7, 11) is 0. The molecule has 1 aromatic carbocycles. The fraction of sp³-hybridized carbons (Fsp3) is 0.333. The van der Waals surface area contributed by atoms with Gasteiger partial charge in [-0.3, -0.25) is 4.79 Å². The fourth-order valence-electron chi connectivity index (χ4n) is 2.03. The minimum absolute atomic E-state index is 0.171. The van der Waals surface area contributed by atoms with E-state index in [9.17, 15) is 14.7 Å². The molecule has 2 N–H and O–H groups in total. The highest BCUT2D eigenvalue weighted by Crippen LogP contribution is 2.24. The molecule has 0 aliphatic carbocycles. The van der Waals surface area contributed by atoms with Gasteiger partial charge in [0.15, 0.2) is 6.04 Å². The summed E-state index contributed by atoms with van der Waals surface area (Å²) in [5.74, 6) is -1.26. The summed E-state index contributed by atoms with van der Waals surface area (Å²) in [4.78, 5) is 24.5. The number of nitrogens with zero attached hydrogens (tertiary/aromatic N) is 1. The van der Waals surface area contributed by atoms with Crippen LogP contribution in [0.5, 0.6) is 0 Å². The number of nitrogens with one attached hydrogen (secondary N) is 1. The summed E-state index contributed by atoms with van der Waals surface area (Å²) in [6.45, 7) is 1.14. The van der Waals surface area contributed by atoms with E-state index in [0.717, 1.165) is 0 Å². The highest BCUT2D eigenvalue weighted by Gasteiger charge is 2.32. The first-order valence-electron chi connectivity index (χ1n) is 5.58. The molecule has 0 bridgehead atoms. The molecule has 6 heteroatoms. The molecular weight excluding hydrogens is 256 g/mol. The van der Waals surface area contributed by atoms with Gasteiger partial charge in [-0.25, -0.2) is 4.79 Å². The Labute approximate surface area is 109 Å².